The van der Waals surface area contributed by atoms with Gasteiger partial charge in [0.05, 0.1) is 6.54 Å². The first-order chi connectivity index (χ1) is 15.8. The van der Waals surface area contributed by atoms with Crippen molar-refractivity contribution in [3.8, 4) is 5.75 Å². The Morgan fingerprint density at radius 3 is 2.36 bits per heavy atom. The fourth-order valence-corrected chi connectivity index (χ4v) is 3.84. The molecule has 0 aromatic heterocycles. The summed E-state index contributed by atoms with van der Waals surface area (Å²) >= 11 is 0. The van der Waals surface area contributed by atoms with E-state index in [1.807, 2.05) is 0 Å². The van der Waals surface area contributed by atoms with Gasteiger partial charge < -0.3 is 37.2 Å². The lowest BCUT2D eigenvalue weighted by Gasteiger charge is -2.29. The first kappa shape index (κ1) is 26.1. The molecular weight excluding hydrogens is 430 g/mol. The molecule has 0 bridgehead atoms. The van der Waals surface area contributed by atoms with Crippen molar-refractivity contribution in [3.63, 3.8) is 0 Å². The summed E-state index contributed by atoms with van der Waals surface area (Å²) in [6.45, 7) is 0.415. The largest absolute Gasteiger partial charge is 0.508 e. The lowest BCUT2D eigenvalue weighted by molar-refractivity contribution is -0.149. The summed E-state index contributed by atoms with van der Waals surface area (Å²) in [6, 6.07) is 3.30. The highest BCUT2D eigenvalue weighted by atomic mass is 16.4. The van der Waals surface area contributed by atoms with Crippen molar-refractivity contribution in [2.24, 2.45) is 11.5 Å². The number of aliphatic carboxylic acids is 1. The molecule has 1 aromatic carbocycles. The summed E-state index contributed by atoms with van der Waals surface area (Å²) in [5, 5.41) is 24.2. The topological polar surface area (TPSA) is 188 Å². The van der Waals surface area contributed by atoms with Crippen LogP contribution < -0.4 is 22.1 Å². The van der Waals surface area contributed by atoms with Crippen molar-refractivity contribution < 1.29 is 29.4 Å². The van der Waals surface area contributed by atoms with Crippen molar-refractivity contribution in [2.75, 3.05) is 19.6 Å². The Morgan fingerprint density at radius 1 is 1.06 bits per heavy atom. The van der Waals surface area contributed by atoms with Crippen molar-refractivity contribution >= 4 is 23.7 Å². The second-order valence-electron chi connectivity index (χ2n) is 8.07. The Morgan fingerprint density at radius 2 is 1.76 bits per heavy atom. The van der Waals surface area contributed by atoms with E-state index in [0.717, 1.165) is 0 Å². The minimum Gasteiger partial charge on any atom is -0.508 e. The average Bonchev–Trinajstić information content (AvgIpc) is 3.29. The summed E-state index contributed by atoms with van der Waals surface area (Å²) < 4.78 is 0. The summed E-state index contributed by atoms with van der Waals surface area (Å²) in [4.78, 5) is 51.0. The number of carboxylic acid groups (broad SMARTS) is 1. The summed E-state index contributed by atoms with van der Waals surface area (Å²) in [7, 11) is 0. The molecule has 11 nitrogen and oxygen atoms in total. The van der Waals surface area contributed by atoms with Crippen LogP contribution in [0.1, 0.15) is 37.7 Å². The molecule has 33 heavy (non-hydrogen) atoms. The van der Waals surface area contributed by atoms with Crippen molar-refractivity contribution in [2.45, 2.75) is 56.7 Å². The van der Waals surface area contributed by atoms with E-state index in [1.54, 1.807) is 12.1 Å². The van der Waals surface area contributed by atoms with E-state index in [-0.39, 0.29) is 18.7 Å². The predicted octanol–water partition coefficient (Wildman–Crippen LogP) is -0.932. The average molecular weight is 464 g/mol. The molecule has 0 saturated carbocycles. The lowest BCUT2D eigenvalue weighted by atomic mass is 10.0. The number of unbranched alkanes of at least 4 members (excludes halogenated alkanes) is 1. The third kappa shape index (κ3) is 7.72. The smallest absolute Gasteiger partial charge is 0.326 e. The number of phenols is 1. The third-order valence-corrected chi connectivity index (χ3v) is 5.60. The fourth-order valence-electron chi connectivity index (χ4n) is 3.84. The summed E-state index contributed by atoms with van der Waals surface area (Å²) in [5.74, 6) is -2.59. The van der Waals surface area contributed by atoms with Gasteiger partial charge in [-0.25, -0.2) is 4.79 Å². The molecule has 1 aromatic rings. The van der Waals surface area contributed by atoms with Gasteiger partial charge in [0.2, 0.25) is 17.7 Å². The highest BCUT2D eigenvalue weighted by molar-refractivity contribution is 5.94. The number of benzene rings is 1. The Balaban J connectivity index is 2.19. The van der Waals surface area contributed by atoms with Gasteiger partial charge in [-0.3, -0.25) is 14.4 Å². The number of carbonyl (C=O) groups excluding carboxylic acids is 3. The molecule has 2 rings (SSSR count). The number of hydrogen-bond acceptors (Lipinski definition) is 7. The summed E-state index contributed by atoms with van der Waals surface area (Å²) in [5.41, 5.74) is 11.6. The van der Waals surface area contributed by atoms with Gasteiger partial charge in [-0.15, -0.1) is 0 Å². The monoisotopic (exact) mass is 463 g/mol. The Hall–Kier alpha value is -3.18. The van der Waals surface area contributed by atoms with Gasteiger partial charge in [0.15, 0.2) is 0 Å². The zero-order valence-electron chi connectivity index (χ0n) is 18.5. The standard InChI is InChI=1S/C22H33N5O6/c23-10-2-1-4-16(21(31)27-11-3-5-18(27)22(32)33)26-20(30)17(25-19(29)13-24)12-14-6-8-15(28)9-7-14/h6-9,16-18,28H,1-5,10-13,23-24H2,(H,25,29)(H,26,30)(H,32,33). The van der Waals surface area contributed by atoms with Crippen molar-refractivity contribution in [3.05, 3.63) is 29.8 Å². The number of phenolic OH excluding ortho intramolecular Hbond substituents is 1. The van der Waals surface area contributed by atoms with Crippen LogP contribution in [0.2, 0.25) is 0 Å². The van der Waals surface area contributed by atoms with E-state index < -0.39 is 41.8 Å². The van der Waals surface area contributed by atoms with E-state index in [4.69, 9.17) is 11.5 Å². The minimum atomic E-state index is -1.08. The zero-order valence-corrected chi connectivity index (χ0v) is 18.5. The highest BCUT2D eigenvalue weighted by Crippen LogP contribution is 2.20. The first-order valence-corrected chi connectivity index (χ1v) is 11.1. The maximum absolute atomic E-state index is 13.2. The van der Waals surface area contributed by atoms with Crippen LogP contribution >= 0.6 is 0 Å². The summed E-state index contributed by atoms with van der Waals surface area (Å²) in [6.07, 6.45) is 2.55. The molecule has 1 aliphatic heterocycles. The molecule has 3 amide bonds. The number of carbonyl (C=O) groups is 4. The van der Waals surface area contributed by atoms with Gasteiger partial charge in [-0.2, -0.15) is 0 Å². The Labute approximate surface area is 192 Å². The minimum absolute atomic E-state index is 0.0647. The van der Waals surface area contributed by atoms with E-state index >= 15 is 0 Å². The van der Waals surface area contributed by atoms with Crippen LogP contribution in [0.4, 0.5) is 0 Å². The number of nitrogens with one attached hydrogen (secondary N) is 2. The molecule has 0 spiro atoms. The van der Waals surface area contributed by atoms with Crippen LogP contribution in [-0.2, 0) is 25.6 Å². The third-order valence-electron chi connectivity index (χ3n) is 5.60. The van der Waals surface area contributed by atoms with E-state index in [1.165, 1.54) is 17.0 Å². The second kappa shape index (κ2) is 12.8. The van der Waals surface area contributed by atoms with Crippen LogP contribution in [-0.4, -0.2) is 76.6 Å². The molecule has 3 atom stereocenters. The molecule has 11 heteroatoms. The zero-order chi connectivity index (χ0) is 24.4. The van der Waals surface area contributed by atoms with Gasteiger partial charge in [-0.1, -0.05) is 12.1 Å². The molecule has 8 N–H and O–H groups in total. The molecule has 0 aliphatic carbocycles. The van der Waals surface area contributed by atoms with Crippen molar-refractivity contribution in [1.82, 2.24) is 15.5 Å². The number of carboxylic acids is 1. The molecule has 1 fully saturated rings. The van der Waals surface area contributed by atoms with Crippen molar-refractivity contribution in [1.29, 1.82) is 0 Å². The van der Waals surface area contributed by atoms with E-state index in [0.29, 0.717) is 50.8 Å². The van der Waals surface area contributed by atoms with Gasteiger partial charge in [0.25, 0.3) is 0 Å². The van der Waals surface area contributed by atoms with Crippen LogP contribution in [0.5, 0.6) is 5.75 Å². The number of likely N-dealkylation sites (tertiary alicyclic amines) is 1. The van der Waals surface area contributed by atoms with Gasteiger partial charge >= 0.3 is 5.97 Å². The Kier molecular flexibility index (Phi) is 10.1. The lowest BCUT2D eigenvalue weighted by Crippen LogP contribution is -2.56. The quantitative estimate of drug-likeness (QED) is 0.214. The normalized spacial score (nSPS) is 17.3. The Bertz CT molecular complexity index is 831. The van der Waals surface area contributed by atoms with Crippen LogP contribution in [0, 0.1) is 0 Å². The van der Waals surface area contributed by atoms with Crippen LogP contribution in [0.15, 0.2) is 24.3 Å². The first-order valence-electron chi connectivity index (χ1n) is 11.1. The molecule has 182 valence electrons. The number of rotatable bonds is 12. The van der Waals surface area contributed by atoms with E-state index in [2.05, 4.69) is 10.6 Å². The maximum Gasteiger partial charge on any atom is 0.326 e. The van der Waals surface area contributed by atoms with Crippen LogP contribution in [0.25, 0.3) is 0 Å². The molecule has 1 saturated heterocycles. The molecule has 0 radical (unpaired) electrons. The van der Waals surface area contributed by atoms with Gasteiger partial charge in [-0.05, 0) is 56.3 Å². The van der Waals surface area contributed by atoms with E-state index in [9.17, 15) is 29.4 Å². The van der Waals surface area contributed by atoms with Crippen LogP contribution in [0.3, 0.4) is 0 Å². The number of amides is 3. The van der Waals surface area contributed by atoms with Gasteiger partial charge in [0, 0.05) is 13.0 Å². The molecule has 3 unspecified atom stereocenters. The SMILES string of the molecule is NCCCCC(NC(=O)C(Cc1ccc(O)cc1)NC(=O)CN)C(=O)N1CCCC1C(=O)O. The number of hydrogen-bond donors (Lipinski definition) is 6. The number of aromatic hydroxyl groups is 1. The maximum atomic E-state index is 13.2. The predicted molar refractivity (Wildman–Crippen MR) is 120 cm³/mol. The molecule has 1 heterocycles. The molecule has 1 aliphatic rings. The second-order valence-corrected chi connectivity index (χ2v) is 8.07. The highest BCUT2D eigenvalue weighted by Gasteiger charge is 2.38. The van der Waals surface area contributed by atoms with Gasteiger partial charge in [0.1, 0.15) is 23.9 Å². The number of nitrogens with two attached hydrogens (primary N) is 2. The molecular formula is C22H33N5O6. The fraction of sp³-hybridized carbons (Fsp3) is 0.545. The number of nitrogens with zero attached hydrogens (tertiary/aromatic N) is 1.